The summed E-state index contributed by atoms with van der Waals surface area (Å²) in [5.74, 6) is 1.31. The van der Waals surface area contributed by atoms with Crippen molar-refractivity contribution in [1.29, 1.82) is 0 Å². The number of ether oxygens (including phenoxy) is 2. The summed E-state index contributed by atoms with van der Waals surface area (Å²) in [4.78, 5) is 4.06. The first-order valence-corrected chi connectivity index (χ1v) is 7.48. The van der Waals surface area contributed by atoms with Crippen LogP contribution < -0.4 is 9.47 Å². The van der Waals surface area contributed by atoms with Gasteiger partial charge in [0.15, 0.2) is 11.5 Å². The van der Waals surface area contributed by atoms with Gasteiger partial charge < -0.3 is 14.7 Å². The van der Waals surface area contributed by atoms with Crippen LogP contribution in [0, 0.1) is 3.57 Å². The fourth-order valence-corrected chi connectivity index (χ4v) is 2.55. The van der Waals surface area contributed by atoms with Gasteiger partial charge in [-0.15, -0.1) is 0 Å². The van der Waals surface area contributed by atoms with E-state index in [4.69, 9.17) is 14.7 Å². The van der Waals surface area contributed by atoms with Crippen LogP contribution in [0.2, 0.25) is 0 Å². The molecule has 0 aliphatic rings. The highest BCUT2D eigenvalue weighted by molar-refractivity contribution is 14.1. The van der Waals surface area contributed by atoms with Crippen LogP contribution in [-0.4, -0.2) is 23.0 Å². The lowest BCUT2D eigenvalue weighted by Gasteiger charge is -2.14. The third kappa shape index (κ3) is 4.32. The van der Waals surface area contributed by atoms with E-state index in [1.165, 1.54) is 6.21 Å². The molecule has 0 amide bonds. The Kier molecular flexibility index (Phi) is 5.79. The van der Waals surface area contributed by atoms with Crippen molar-refractivity contribution in [2.45, 2.75) is 13.5 Å². The molecule has 0 aliphatic carbocycles. The van der Waals surface area contributed by atoms with Gasteiger partial charge in [-0.3, -0.25) is 4.98 Å². The average Bonchev–Trinajstić information content (AvgIpc) is 2.48. The molecule has 0 saturated carbocycles. The molecule has 0 radical (unpaired) electrons. The van der Waals surface area contributed by atoms with Crippen LogP contribution in [0.25, 0.3) is 0 Å². The molecule has 110 valence electrons. The monoisotopic (exact) mass is 398 g/mol. The summed E-state index contributed by atoms with van der Waals surface area (Å²) in [6, 6.07) is 7.46. The second-order valence-electron chi connectivity index (χ2n) is 4.16. The topological polar surface area (TPSA) is 63.9 Å². The van der Waals surface area contributed by atoms with Crippen LogP contribution in [0.4, 0.5) is 0 Å². The Labute approximate surface area is 136 Å². The summed E-state index contributed by atoms with van der Waals surface area (Å²) in [5, 5.41) is 11.7. The van der Waals surface area contributed by atoms with Crippen LogP contribution in [0.5, 0.6) is 11.5 Å². The van der Waals surface area contributed by atoms with Gasteiger partial charge in [-0.1, -0.05) is 11.2 Å². The molecule has 1 aromatic heterocycles. The van der Waals surface area contributed by atoms with E-state index in [1.807, 2.05) is 25.1 Å². The van der Waals surface area contributed by atoms with Gasteiger partial charge in [0, 0.05) is 23.5 Å². The molecule has 2 rings (SSSR count). The summed E-state index contributed by atoms with van der Waals surface area (Å²) >= 11 is 2.17. The van der Waals surface area contributed by atoms with Crippen LogP contribution in [0.1, 0.15) is 18.1 Å². The number of rotatable bonds is 6. The predicted octanol–water partition coefficient (Wildman–Crippen LogP) is 3.47. The molecule has 21 heavy (non-hydrogen) atoms. The SMILES string of the molecule is CCOc1cc(/C=N/O)cc(I)c1OCc1cccnc1. The zero-order valence-corrected chi connectivity index (χ0v) is 13.6. The van der Waals surface area contributed by atoms with E-state index < -0.39 is 0 Å². The molecule has 1 N–H and O–H groups in total. The second-order valence-corrected chi connectivity index (χ2v) is 5.32. The molecule has 0 aliphatic heterocycles. The number of pyridine rings is 1. The van der Waals surface area contributed by atoms with Crippen LogP contribution in [-0.2, 0) is 6.61 Å². The summed E-state index contributed by atoms with van der Waals surface area (Å²) < 4.78 is 12.4. The maximum absolute atomic E-state index is 8.64. The normalized spacial score (nSPS) is 10.8. The van der Waals surface area contributed by atoms with Gasteiger partial charge in [0.25, 0.3) is 0 Å². The molecule has 0 saturated heterocycles. The zero-order valence-electron chi connectivity index (χ0n) is 11.5. The molecular weight excluding hydrogens is 383 g/mol. The lowest BCUT2D eigenvalue weighted by atomic mass is 10.2. The smallest absolute Gasteiger partial charge is 0.175 e. The van der Waals surface area contributed by atoms with Gasteiger partial charge in [-0.25, -0.2) is 0 Å². The fraction of sp³-hybridized carbons (Fsp3) is 0.200. The van der Waals surface area contributed by atoms with E-state index in [0.717, 1.165) is 14.7 Å². The highest BCUT2D eigenvalue weighted by Crippen LogP contribution is 2.34. The van der Waals surface area contributed by atoms with Crippen molar-refractivity contribution >= 4 is 28.8 Å². The highest BCUT2D eigenvalue weighted by atomic mass is 127. The van der Waals surface area contributed by atoms with E-state index in [2.05, 4.69) is 32.7 Å². The Morgan fingerprint density at radius 3 is 2.90 bits per heavy atom. The summed E-state index contributed by atoms with van der Waals surface area (Å²) in [6.45, 7) is 2.85. The van der Waals surface area contributed by atoms with Crippen molar-refractivity contribution in [2.24, 2.45) is 5.16 Å². The quantitative estimate of drug-likeness (QED) is 0.350. The van der Waals surface area contributed by atoms with Gasteiger partial charge in [0.05, 0.1) is 16.4 Å². The summed E-state index contributed by atoms with van der Waals surface area (Å²) in [6.07, 6.45) is 4.84. The fourth-order valence-electron chi connectivity index (χ4n) is 1.77. The van der Waals surface area contributed by atoms with Crippen molar-refractivity contribution in [3.05, 3.63) is 51.4 Å². The van der Waals surface area contributed by atoms with Gasteiger partial charge >= 0.3 is 0 Å². The van der Waals surface area contributed by atoms with Gasteiger partial charge in [-0.2, -0.15) is 0 Å². The van der Waals surface area contributed by atoms with Gasteiger partial charge in [-0.05, 0) is 47.7 Å². The number of aromatic nitrogens is 1. The number of oxime groups is 1. The van der Waals surface area contributed by atoms with Crippen LogP contribution >= 0.6 is 22.6 Å². The first kappa shape index (κ1) is 15.6. The maximum Gasteiger partial charge on any atom is 0.175 e. The Morgan fingerprint density at radius 2 is 2.24 bits per heavy atom. The molecule has 1 heterocycles. The lowest BCUT2D eigenvalue weighted by Crippen LogP contribution is -2.02. The van der Waals surface area contributed by atoms with Crippen LogP contribution in [0.15, 0.2) is 41.8 Å². The predicted molar refractivity (Wildman–Crippen MR) is 88.3 cm³/mol. The van der Waals surface area contributed by atoms with E-state index >= 15 is 0 Å². The molecular formula is C15H15IN2O3. The molecule has 2 aromatic rings. The summed E-state index contributed by atoms with van der Waals surface area (Å²) in [7, 11) is 0. The molecule has 6 heteroatoms. The van der Waals surface area contributed by atoms with E-state index in [0.29, 0.717) is 24.7 Å². The first-order chi connectivity index (χ1) is 10.2. The number of nitrogens with zero attached hydrogens (tertiary/aromatic N) is 2. The van der Waals surface area contributed by atoms with E-state index in [1.54, 1.807) is 18.5 Å². The number of hydrogen-bond acceptors (Lipinski definition) is 5. The lowest BCUT2D eigenvalue weighted by molar-refractivity contribution is 0.267. The number of halogens is 1. The van der Waals surface area contributed by atoms with Crippen molar-refractivity contribution in [1.82, 2.24) is 4.98 Å². The Morgan fingerprint density at radius 1 is 1.38 bits per heavy atom. The average molecular weight is 398 g/mol. The number of hydrogen-bond donors (Lipinski definition) is 1. The standard InChI is InChI=1S/C15H15IN2O3/c1-2-20-14-7-12(9-18-19)6-13(16)15(14)21-10-11-4-3-5-17-8-11/h3-9,19H,2,10H2,1H3/b18-9+. The minimum absolute atomic E-state index is 0.414. The molecule has 0 atom stereocenters. The highest BCUT2D eigenvalue weighted by Gasteiger charge is 2.12. The molecule has 0 unspecified atom stereocenters. The Bertz CT molecular complexity index is 618. The minimum Gasteiger partial charge on any atom is -0.490 e. The van der Waals surface area contributed by atoms with Crippen molar-refractivity contribution < 1.29 is 14.7 Å². The van der Waals surface area contributed by atoms with E-state index in [-0.39, 0.29) is 0 Å². The van der Waals surface area contributed by atoms with Crippen molar-refractivity contribution in [3.8, 4) is 11.5 Å². The Balaban J connectivity index is 2.24. The molecule has 0 bridgehead atoms. The molecule has 0 fully saturated rings. The molecule has 5 nitrogen and oxygen atoms in total. The summed E-state index contributed by atoms with van der Waals surface area (Å²) in [5.41, 5.74) is 1.73. The van der Waals surface area contributed by atoms with Crippen molar-refractivity contribution in [3.63, 3.8) is 0 Å². The zero-order chi connectivity index (χ0) is 15.1. The number of benzene rings is 1. The second kappa shape index (κ2) is 7.82. The minimum atomic E-state index is 0.414. The van der Waals surface area contributed by atoms with Crippen molar-refractivity contribution in [2.75, 3.05) is 6.61 Å². The Hall–Kier alpha value is -1.83. The molecule has 0 spiro atoms. The molecule has 1 aromatic carbocycles. The first-order valence-electron chi connectivity index (χ1n) is 6.40. The van der Waals surface area contributed by atoms with Gasteiger partial charge in [0.1, 0.15) is 6.61 Å². The van der Waals surface area contributed by atoms with Crippen LogP contribution in [0.3, 0.4) is 0 Å². The van der Waals surface area contributed by atoms with Gasteiger partial charge in [0.2, 0.25) is 0 Å². The largest absolute Gasteiger partial charge is 0.490 e. The third-order valence-corrected chi connectivity index (χ3v) is 3.45. The maximum atomic E-state index is 8.64. The third-order valence-electron chi connectivity index (χ3n) is 2.64. The van der Waals surface area contributed by atoms with E-state index in [9.17, 15) is 0 Å².